The fourth-order valence-corrected chi connectivity index (χ4v) is 3.18. The van der Waals surface area contributed by atoms with Crippen LogP contribution in [0.15, 0.2) is 69.9 Å². The summed E-state index contributed by atoms with van der Waals surface area (Å²) >= 11 is 0. The number of rotatable bonds is 14. The molecule has 0 unspecified atom stereocenters. The minimum Gasteiger partial charge on any atom is -0.387 e. The van der Waals surface area contributed by atoms with E-state index < -0.39 is 11.9 Å². The minimum atomic E-state index is -0.596. The largest absolute Gasteiger partial charge is 0.387 e. The highest BCUT2D eigenvalue weighted by Gasteiger charge is 2.06. The molecular formula is C30H46O3. The number of hydrogen-bond acceptors (Lipinski definition) is 3. The Morgan fingerprint density at radius 2 is 0.788 bits per heavy atom. The second-order valence-corrected chi connectivity index (χ2v) is 9.54. The fraction of sp³-hybridized carbons (Fsp3) is 0.533. The molecule has 0 fully saturated rings. The van der Waals surface area contributed by atoms with Gasteiger partial charge < -0.3 is 4.74 Å². The lowest BCUT2D eigenvalue weighted by molar-refractivity contribution is -0.152. The number of hydrogen-bond donors (Lipinski definition) is 0. The average molecular weight is 455 g/mol. The first-order valence-corrected chi connectivity index (χ1v) is 12.2. The number of carbonyl (C=O) groups is 2. The van der Waals surface area contributed by atoms with Crippen LogP contribution in [0, 0.1) is 0 Å². The minimum absolute atomic E-state index is 0.596. The second kappa shape index (κ2) is 18.1. The highest BCUT2D eigenvalue weighted by Crippen LogP contribution is 2.13. The highest BCUT2D eigenvalue weighted by molar-refractivity contribution is 5.96. The van der Waals surface area contributed by atoms with Gasteiger partial charge in [0.25, 0.3) is 0 Å². The molecule has 0 aromatic carbocycles. The maximum Gasteiger partial charge on any atom is 0.338 e. The molecule has 0 N–H and O–H groups in total. The average Bonchev–Trinajstić information content (AvgIpc) is 2.66. The molecule has 0 heterocycles. The van der Waals surface area contributed by atoms with Crippen LogP contribution in [0.2, 0.25) is 0 Å². The first-order chi connectivity index (χ1) is 15.5. The summed E-state index contributed by atoms with van der Waals surface area (Å²) in [5.74, 6) is -1.19. The molecule has 0 aromatic rings. The van der Waals surface area contributed by atoms with Crippen LogP contribution < -0.4 is 0 Å². The lowest BCUT2D eigenvalue weighted by atomic mass is 10.1. The summed E-state index contributed by atoms with van der Waals surface area (Å²) in [5.41, 5.74) is 7.23. The molecule has 0 radical (unpaired) electrons. The molecular weight excluding hydrogens is 408 g/mol. The van der Waals surface area contributed by atoms with Crippen molar-refractivity contribution in [2.24, 2.45) is 0 Å². The van der Waals surface area contributed by atoms with Gasteiger partial charge in [0.15, 0.2) is 0 Å². The van der Waals surface area contributed by atoms with E-state index in [1.165, 1.54) is 34.4 Å². The summed E-state index contributed by atoms with van der Waals surface area (Å²) in [5, 5.41) is 0. The molecule has 33 heavy (non-hydrogen) atoms. The van der Waals surface area contributed by atoms with E-state index in [2.05, 4.69) is 65.8 Å². The maximum absolute atomic E-state index is 12.0. The van der Waals surface area contributed by atoms with E-state index in [1.807, 2.05) is 13.8 Å². The first kappa shape index (κ1) is 30.6. The van der Waals surface area contributed by atoms with Gasteiger partial charge >= 0.3 is 11.9 Å². The van der Waals surface area contributed by atoms with E-state index >= 15 is 0 Å². The summed E-state index contributed by atoms with van der Waals surface area (Å²) in [7, 11) is 0. The lowest BCUT2D eigenvalue weighted by Crippen LogP contribution is -2.08. The predicted molar refractivity (Wildman–Crippen MR) is 142 cm³/mol. The smallest absolute Gasteiger partial charge is 0.338 e. The Morgan fingerprint density at radius 1 is 0.485 bits per heavy atom. The van der Waals surface area contributed by atoms with E-state index in [9.17, 15) is 9.59 Å². The normalized spacial score (nSPS) is 13.0. The van der Waals surface area contributed by atoms with Crippen molar-refractivity contribution >= 4 is 11.9 Å². The summed E-state index contributed by atoms with van der Waals surface area (Å²) in [6.45, 7) is 16.5. The molecule has 0 saturated carbocycles. The molecule has 0 amide bonds. The van der Waals surface area contributed by atoms with Gasteiger partial charge in [-0.2, -0.15) is 0 Å². The first-order valence-electron chi connectivity index (χ1n) is 12.2. The summed E-state index contributed by atoms with van der Waals surface area (Å²) in [6.07, 6.45) is 19.3. The van der Waals surface area contributed by atoms with Gasteiger partial charge in [-0.1, -0.05) is 57.7 Å². The van der Waals surface area contributed by atoms with Gasteiger partial charge in [0.2, 0.25) is 0 Å². The summed E-state index contributed by atoms with van der Waals surface area (Å²) in [6, 6.07) is 0. The molecule has 0 rings (SSSR count). The summed E-state index contributed by atoms with van der Waals surface area (Å²) in [4.78, 5) is 24.0. The standard InChI is InChI=1S/C30H46O3/c1-23(2)13-9-15-25(5)17-11-19-27(7)21-29(31)33-30(32)22-28(8)20-12-18-26(6)16-10-14-24(3)4/h13-14,17-18,21-22H,9-12,15-16,19-20H2,1-8H3. The Kier molecular flexibility index (Phi) is 16.7. The molecule has 0 saturated heterocycles. The van der Waals surface area contributed by atoms with E-state index in [-0.39, 0.29) is 0 Å². The monoisotopic (exact) mass is 454 g/mol. The third-order valence-corrected chi connectivity index (χ3v) is 5.18. The van der Waals surface area contributed by atoms with E-state index in [0.717, 1.165) is 62.5 Å². The zero-order chi connectivity index (χ0) is 25.2. The quantitative estimate of drug-likeness (QED) is 0.114. The lowest BCUT2D eigenvalue weighted by Gasteiger charge is -2.03. The van der Waals surface area contributed by atoms with Crippen LogP contribution in [0.25, 0.3) is 0 Å². The highest BCUT2D eigenvalue weighted by atomic mass is 16.6. The van der Waals surface area contributed by atoms with Crippen LogP contribution in [0.4, 0.5) is 0 Å². The van der Waals surface area contributed by atoms with Gasteiger partial charge in [0.05, 0.1) is 0 Å². The molecule has 3 heteroatoms. The fourth-order valence-electron chi connectivity index (χ4n) is 3.18. The van der Waals surface area contributed by atoms with Gasteiger partial charge in [-0.15, -0.1) is 0 Å². The van der Waals surface area contributed by atoms with Crippen molar-refractivity contribution in [2.45, 2.75) is 107 Å². The van der Waals surface area contributed by atoms with Crippen molar-refractivity contribution in [3.8, 4) is 0 Å². The topological polar surface area (TPSA) is 43.4 Å². The molecule has 0 aliphatic heterocycles. The number of esters is 2. The predicted octanol–water partition coefficient (Wildman–Crippen LogP) is 8.89. The Bertz CT molecular complexity index is 737. The molecule has 0 bridgehead atoms. The van der Waals surface area contributed by atoms with Crippen LogP contribution >= 0.6 is 0 Å². The van der Waals surface area contributed by atoms with Crippen molar-refractivity contribution in [1.82, 2.24) is 0 Å². The molecule has 184 valence electrons. The molecule has 0 atom stereocenters. The Balaban J connectivity index is 4.40. The summed E-state index contributed by atoms with van der Waals surface area (Å²) < 4.78 is 4.92. The van der Waals surface area contributed by atoms with E-state index in [1.54, 1.807) is 0 Å². The number of ether oxygens (including phenoxy) is 1. The molecule has 3 nitrogen and oxygen atoms in total. The van der Waals surface area contributed by atoms with Gasteiger partial charge in [-0.3, -0.25) is 0 Å². The molecule has 0 spiro atoms. The molecule has 0 aromatic heterocycles. The van der Waals surface area contributed by atoms with Gasteiger partial charge in [-0.05, 0) is 107 Å². The van der Waals surface area contributed by atoms with Gasteiger partial charge in [-0.25, -0.2) is 9.59 Å². The van der Waals surface area contributed by atoms with Crippen LogP contribution in [0.5, 0.6) is 0 Å². The van der Waals surface area contributed by atoms with Crippen molar-refractivity contribution < 1.29 is 14.3 Å². The molecule has 0 aliphatic rings. The zero-order valence-corrected chi connectivity index (χ0v) is 22.3. The van der Waals surface area contributed by atoms with Crippen molar-refractivity contribution in [3.05, 3.63) is 69.9 Å². The van der Waals surface area contributed by atoms with Crippen molar-refractivity contribution in [1.29, 1.82) is 0 Å². The third-order valence-electron chi connectivity index (χ3n) is 5.18. The van der Waals surface area contributed by atoms with Crippen LogP contribution in [0.3, 0.4) is 0 Å². The number of allylic oxidation sites excluding steroid dienone is 10. The maximum atomic E-state index is 12.0. The van der Waals surface area contributed by atoms with Crippen molar-refractivity contribution in [2.75, 3.05) is 0 Å². The van der Waals surface area contributed by atoms with E-state index in [0.29, 0.717) is 0 Å². The second-order valence-electron chi connectivity index (χ2n) is 9.54. The van der Waals surface area contributed by atoms with Crippen LogP contribution in [0.1, 0.15) is 107 Å². The SMILES string of the molecule is CC(C)=CCCC(C)=CCCC(C)=CC(=O)OC(=O)C=C(C)CCC=C(C)CCC=C(C)C. The zero-order valence-electron chi connectivity index (χ0n) is 22.3. The van der Waals surface area contributed by atoms with Gasteiger partial charge in [0.1, 0.15) is 0 Å². The Hall–Kier alpha value is -2.42. The Morgan fingerprint density at radius 3 is 1.12 bits per heavy atom. The molecule has 0 aliphatic carbocycles. The van der Waals surface area contributed by atoms with Gasteiger partial charge in [0, 0.05) is 12.2 Å². The van der Waals surface area contributed by atoms with Crippen LogP contribution in [-0.2, 0) is 14.3 Å². The number of carbonyl (C=O) groups excluding carboxylic acids is 2. The van der Waals surface area contributed by atoms with Crippen molar-refractivity contribution in [3.63, 3.8) is 0 Å². The third kappa shape index (κ3) is 20.0. The Labute approximate surface area is 203 Å². The van der Waals surface area contributed by atoms with E-state index in [4.69, 9.17) is 4.74 Å². The van der Waals surface area contributed by atoms with Crippen LogP contribution in [-0.4, -0.2) is 11.9 Å².